The summed E-state index contributed by atoms with van der Waals surface area (Å²) in [6.07, 6.45) is -2.98. The number of methoxy groups -OCH3 is 1. The van der Waals surface area contributed by atoms with E-state index in [1.54, 1.807) is 65.9 Å². The number of cyclic esters (lactones) is 1. The number of pyridine rings is 1. The fourth-order valence-corrected chi connectivity index (χ4v) is 8.10. The SMILES string of the molecule is C=CCO[C@@H]1[C@H](C)C(=O)[C@H](C)C[C@](C)(OC)[C@H](OC2O[C@H](C)C[C@H](N(C)C)[C@H]2O)[C@@H](C)[C@H](OC(=O)Cc2ccccn2)[C@@H](C)C(=O)O[C@@H](CC)[C@@]1(C)O. The van der Waals surface area contributed by atoms with Gasteiger partial charge in [-0.2, -0.15) is 0 Å². The molecule has 2 fully saturated rings. The summed E-state index contributed by atoms with van der Waals surface area (Å²) in [5.41, 5.74) is -2.59. The zero-order valence-corrected chi connectivity index (χ0v) is 33.5. The van der Waals surface area contributed by atoms with Gasteiger partial charge < -0.3 is 43.5 Å². The van der Waals surface area contributed by atoms with Crippen molar-refractivity contribution in [1.82, 2.24) is 9.88 Å². The van der Waals surface area contributed by atoms with Gasteiger partial charge in [-0.15, -0.1) is 6.58 Å². The fourth-order valence-electron chi connectivity index (χ4n) is 8.10. The number of aliphatic hydroxyl groups excluding tert-OH is 1. The molecule has 0 radical (unpaired) electrons. The van der Waals surface area contributed by atoms with Gasteiger partial charge in [0.25, 0.3) is 0 Å². The van der Waals surface area contributed by atoms with Crippen LogP contribution in [-0.4, -0.2) is 126 Å². The first-order valence-electron chi connectivity index (χ1n) is 18.8. The number of carbonyl (C=O) groups excluding carboxylic acids is 3. The van der Waals surface area contributed by atoms with Crippen LogP contribution in [0.1, 0.15) is 80.3 Å². The topological polar surface area (TPSA) is 163 Å². The molecule has 0 amide bonds. The molecule has 2 aliphatic heterocycles. The van der Waals surface area contributed by atoms with Crippen molar-refractivity contribution >= 4 is 17.7 Å². The molecule has 3 heterocycles. The zero-order chi connectivity index (χ0) is 39.8. The van der Waals surface area contributed by atoms with Gasteiger partial charge in [-0.05, 0) is 73.2 Å². The molecule has 13 heteroatoms. The lowest BCUT2D eigenvalue weighted by Gasteiger charge is -2.48. The Morgan fingerprint density at radius 1 is 1.11 bits per heavy atom. The van der Waals surface area contributed by atoms with Crippen molar-refractivity contribution in [3.63, 3.8) is 0 Å². The third-order valence-electron chi connectivity index (χ3n) is 11.2. The van der Waals surface area contributed by atoms with Crippen molar-refractivity contribution in [2.75, 3.05) is 27.8 Å². The molecule has 0 aliphatic carbocycles. The van der Waals surface area contributed by atoms with Gasteiger partial charge in [0.05, 0.1) is 48.6 Å². The maximum absolute atomic E-state index is 14.3. The van der Waals surface area contributed by atoms with Crippen LogP contribution in [0.4, 0.5) is 0 Å². The Kier molecular flexibility index (Phi) is 16.2. The van der Waals surface area contributed by atoms with Gasteiger partial charge in [0.2, 0.25) is 0 Å². The number of carbonyl (C=O) groups is 3. The number of esters is 2. The van der Waals surface area contributed by atoms with E-state index < -0.39 is 83.6 Å². The average molecular weight is 749 g/mol. The number of ether oxygens (including phenoxy) is 6. The van der Waals surface area contributed by atoms with E-state index in [1.807, 2.05) is 25.9 Å². The molecule has 2 aliphatic rings. The summed E-state index contributed by atoms with van der Waals surface area (Å²) in [4.78, 5) is 48.3. The van der Waals surface area contributed by atoms with Crippen LogP contribution in [0.15, 0.2) is 37.1 Å². The molecule has 53 heavy (non-hydrogen) atoms. The van der Waals surface area contributed by atoms with Gasteiger partial charge >= 0.3 is 11.9 Å². The fraction of sp³-hybridized carbons (Fsp3) is 0.750. The van der Waals surface area contributed by atoms with Crippen molar-refractivity contribution in [1.29, 1.82) is 0 Å². The van der Waals surface area contributed by atoms with Crippen LogP contribution >= 0.6 is 0 Å². The van der Waals surface area contributed by atoms with Gasteiger partial charge in [0.1, 0.15) is 29.7 Å². The minimum atomic E-state index is -1.80. The molecule has 1 aromatic heterocycles. The predicted octanol–water partition coefficient (Wildman–Crippen LogP) is 3.91. The minimum Gasteiger partial charge on any atom is -0.461 e. The van der Waals surface area contributed by atoms with E-state index in [0.717, 1.165) is 0 Å². The molecule has 1 aromatic rings. The lowest BCUT2D eigenvalue weighted by atomic mass is 9.73. The second-order valence-corrected chi connectivity index (χ2v) is 15.6. The Balaban J connectivity index is 2.22. The largest absolute Gasteiger partial charge is 0.461 e. The quantitative estimate of drug-likeness (QED) is 0.248. The average Bonchev–Trinajstić information content (AvgIpc) is 3.11. The van der Waals surface area contributed by atoms with Crippen LogP contribution in [0.3, 0.4) is 0 Å². The molecule has 0 spiro atoms. The van der Waals surface area contributed by atoms with Crippen LogP contribution < -0.4 is 0 Å². The molecule has 0 aromatic carbocycles. The number of rotatable bonds is 11. The molecular weight excluding hydrogens is 684 g/mol. The van der Waals surface area contributed by atoms with Gasteiger partial charge in [0, 0.05) is 37.1 Å². The number of hydrogen-bond acceptors (Lipinski definition) is 13. The van der Waals surface area contributed by atoms with Gasteiger partial charge in [0.15, 0.2) is 6.29 Å². The molecule has 14 atom stereocenters. The van der Waals surface area contributed by atoms with Crippen LogP contribution in [0.2, 0.25) is 0 Å². The van der Waals surface area contributed by atoms with E-state index in [0.29, 0.717) is 12.1 Å². The van der Waals surface area contributed by atoms with Gasteiger partial charge in [-0.25, -0.2) is 0 Å². The predicted molar refractivity (Wildman–Crippen MR) is 198 cm³/mol. The Morgan fingerprint density at radius 3 is 2.36 bits per heavy atom. The third kappa shape index (κ3) is 10.7. The molecular formula is C40H64N2O11. The Bertz CT molecular complexity index is 1360. The molecule has 3 rings (SSSR count). The standard InChI is InChI=1S/C40H64N2O11/c1-13-19-49-36-25(5)32(44)23(3)22-39(8,48-12)35(53-38-33(45)29(42(10)11)20-24(4)50-38)26(6)34(52-31(43)21-28-17-15-16-18-41-28)27(7)37(46)51-30(14-2)40(36,9)47/h13,15-18,23-27,29-30,33-36,38,45,47H,1,14,19-22H2,2-12H3/t23-,24-,25-,26+,27-,29+,30+,33-,34+,35-,36-,38?,39+,40-/m1/s1. The van der Waals surface area contributed by atoms with E-state index in [4.69, 9.17) is 28.4 Å². The molecule has 2 saturated heterocycles. The third-order valence-corrected chi connectivity index (χ3v) is 11.2. The van der Waals surface area contributed by atoms with Gasteiger partial charge in [-0.1, -0.05) is 39.8 Å². The maximum atomic E-state index is 14.3. The lowest BCUT2D eigenvalue weighted by Crippen LogP contribution is -2.61. The van der Waals surface area contributed by atoms with Crippen molar-refractivity contribution in [3.05, 3.63) is 42.7 Å². The Hall–Kier alpha value is -2.78. The first kappa shape index (κ1) is 44.6. The second-order valence-electron chi connectivity index (χ2n) is 15.6. The minimum absolute atomic E-state index is 0.0429. The second kappa shape index (κ2) is 19.2. The van der Waals surface area contributed by atoms with Crippen LogP contribution in [0, 0.1) is 23.7 Å². The maximum Gasteiger partial charge on any atom is 0.312 e. The highest BCUT2D eigenvalue weighted by atomic mass is 16.7. The molecule has 13 nitrogen and oxygen atoms in total. The summed E-state index contributed by atoms with van der Waals surface area (Å²) >= 11 is 0. The molecule has 2 N–H and O–H groups in total. The van der Waals surface area contributed by atoms with Crippen molar-refractivity contribution in [2.45, 2.75) is 141 Å². The van der Waals surface area contributed by atoms with E-state index in [9.17, 15) is 24.6 Å². The monoisotopic (exact) mass is 748 g/mol. The summed E-state index contributed by atoms with van der Waals surface area (Å²) in [5.74, 6) is -4.95. The number of ketones is 1. The summed E-state index contributed by atoms with van der Waals surface area (Å²) in [6.45, 7) is 17.6. The van der Waals surface area contributed by atoms with Crippen molar-refractivity contribution < 1.29 is 53.0 Å². The summed E-state index contributed by atoms with van der Waals surface area (Å²) in [5, 5.41) is 23.6. The number of aliphatic hydroxyl groups is 2. The smallest absolute Gasteiger partial charge is 0.312 e. The number of likely N-dealkylation sites (N-methyl/N-ethyl adjacent to an activating group) is 1. The Labute approximate surface area is 315 Å². The van der Waals surface area contributed by atoms with Crippen LogP contribution in [0.25, 0.3) is 0 Å². The number of aromatic nitrogens is 1. The van der Waals surface area contributed by atoms with E-state index in [-0.39, 0.29) is 43.8 Å². The molecule has 300 valence electrons. The normalized spacial score (nSPS) is 39.2. The molecule has 1 unspecified atom stereocenters. The van der Waals surface area contributed by atoms with E-state index in [2.05, 4.69) is 11.6 Å². The van der Waals surface area contributed by atoms with Crippen molar-refractivity contribution in [3.8, 4) is 0 Å². The number of hydrogen-bond donors (Lipinski definition) is 2. The highest BCUT2D eigenvalue weighted by molar-refractivity contribution is 5.83. The first-order valence-corrected chi connectivity index (χ1v) is 18.8. The summed E-state index contributed by atoms with van der Waals surface area (Å²) in [6, 6.07) is 4.91. The lowest BCUT2D eigenvalue weighted by molar-refractivity contribution is -0.301. The Morgan fingerprint density at radius 2 is 1.79 bits per heavy atom. The number of nitrogens with zero attached hydrogens (tertiary/aromatic N) is 2. The van der Waals surface area contributed by atoms with E-state index >= 15 is 0 Å². The first-order chi connectivity index (χ1) is 24.8. The molecule has 0 bridgehead atoms. The van der Waals surface area contributed by atoms with Crippen LogP contribution in [0.5, 0.6) is 0 Å². The highest BCUT2D eigenvalue weighted by Crippen LogP contribution is 2.40. The van der Waals surface area contributed by atoms with Crippen molar-refractivity contribution in [2.24, 2.45) is 23.7 Å². The summed E-state index contributed by atoms with van der Waals surface area (Å²) in [7, 11) is 5.25. The highest BCUT2D eigenvalue weighted by Gasteiger charge is 2.53. The van der Waals surface area contributed by atoms with Gasteiger partial charge in [-0.3, -0.25) is 19.4 Å². The summed E-state index contributed by atoms with van der Waals surface area (Å²) < 4.78 is 37.5. The van der Waals surface area contributed by atoms with Crippen LogP contribution in [-0.2, 0) is 49.2 Å². The number of Topliss-reactive ketones (excluding diaryl/α,β-unsaturated/α-hetero) is 1. The van der Waals surface area contributed by atoms with E-state index in [1.165, 1.54) is 20.1 Å². The molecule has 0 saturated carbocycles. The zero-order valence-electron chi connectivity index (χ0n) is 33.5.